The lowest BCUT2D eigenvalue weighted by atomic mass is 9.96. The second kappa shape index (κ2) is 6.28. The summed E-state index contributed by atoms with van der Waals surface area (Å²) in [5.74, 6) is -0.0127. The monoisotopic (exact) mass is 366 g/mol. The Morgan fingerprint density at radius 2 is 1.90 bits per heavy atom. The maximum Gasteiger partial charge on any atom is 0.231 e. The maximum absolute atomic E-state index is 12.1. The van der Waals surface area contributed by atoms with Crippen LogP contribution in [-0.4, -0.2) is 10.9 Å². The topological polar surface area (TPSA) is 42.0 Å². The molecule has 21 heavy (non-hydrogen) atoms. The van der Waals surface area contributed by atoms with Gasteiger partial charge in [0, 0.05) is 20.3 Å². The Morgan fingerprint density at radius 3 is 2.43 bits per heavy atom. The number of nitrogens with zero attached hydrogens (tertiary/aromatic N) is 1. The lowest BCUT2D eigenvalue weighted by Gasteiger charge is -2.15. The summed E-state index contributed by atoms with van der Waals surface area (Å²) in [7, 11) is 0. The minimum atomic E-state index is -0.421. The van der Waals surface area contributed by atoms with Crippen LogP contribution in [0.25, 0.3) is 11.3 Å². The summed E-state index contributed by atoms with van der Waals surface area (Å²) in [6.45, 7) is 7.79. The van der Waals surface area contributed by atoms with Crippen molar-refractivity contribution in [1.29, 1.82) is 0 Å². The van der Waals surface area contributed by atoms with Crippen LogP contribution in [-0.2, 0) is 11.2 Å². The molecule has 2 aromatic rings. The van der Waals surface area contributed by atoms with Gasteiger partial charge in [0.2, 0.25) is 5.91 Å². The van der Waals surface area contributed by atoms with Gasteiger partial charge >= 0.3 is 0 Å². The summed E-state index contributed by atoms with van der Waals surface area (Å²) in [6, 6.07) is 8.07. The summed E-state index contributed by atoms with van der Waals surface area (Å²) in [5, 5.41) is 3.59. The van der Waals surface area contributed by atoms with Crippen LogP contribution < -0.4 is 5.32 Å². The average molecular weight is 367 g/mol. The van der Waals surface area contributed by atoms with E-state index < -0.39 is 5.41 Å². The normalized spacial score (nSPS) is 11.5. The van der Waals surface area contributed by atoms with Gasteiger partial charge in [-0.25, -0.2) is 4.98 Å². The van der Waals surface area contributed by atoms with Crippen molar-refractivity contribution in [2.45, 2.75) is 34.1 Å². The van der Waals surface area contributed by atoms with Crippen LogP contribution in [0.5, 0.6) is 0 Å². The molecule has 1 aromatic heterocycles. The molecule has 1 amide bonds. The molecule has 0 spiro atoms. The fraction of sp³-hybridized carbons (Fsp3) is 0.375. The summed E-state index contributed by atoms with van der Waals surface area (Å²) >= 11 is 4.99. The smallest absolute Gasteiger partial charge is 0.231 e. The zero-order valence-corrected chi connectivity index (χ0v) is 15.1. The highest BCUT2D eigenvalue weighted by atomic mass is 79.9. The number of halogens is 1. The number of benzene rings is 1. The van der Waals surface area contributed by atoms with E-state index in [1.165, 1.54) is 4.88 Å². The van der Waals surface area contributed by atoms with Gasteiger partial charge in [-0.3, -0.25) is 4.79 Å². The van der Waals surface area contributed by atoms with Gasteiger partial charge in [0.25, 0.3) is 0 Å². The first-order valence-corrected chi connectivity index (χ1v) is 8.49. The molecule has 0 atom stereocenters. The highest BCUT2D eigenvalue weighted by Crippen LogP contribution is 2.32. The molecule has 112 valence electrons. The number of carbonyl (C=O) groups excluding carboxylic acids is 1. The van der Waals surface area contributed by atoms with Gasteiger partial charge in [-0.05, 0) is 18.6 Å². The molecule has 2 rings (SSSR count). The number of thiazole rings is 1. The Labute approximate surface area is 137 Å². The van der Waals surface area contributed by atoms with Crippen molar-refractivity contribution in [3.8, 4) is 11.3 Å². The third kappa shape index (κ3) is 3.92. The van der Waals surface area contributed by atoms with E-state index >= 15 is 0 Å². The average Bonchev–Trinajstić information content (AvgIpc) is 2.81. The number of rotatable bonds is 3. The van der Waals surface area contributed by atoms with Crippen molar-refractivity contribution in [3.05, 3.63) is 33.6 Å². The van der Waals surface area contributed by atoms with Gasteiger partial charge < -0.3 is 5.32 Å². The van der Waals surface area contributed by atoms with Crippen LogP contribution in [0.1, 0.15) is 32.6 Å². The Bertz CT molecular complexity index is 641. The highest BCUT2D eigenvalue weighted by molar-refractivity contribution is 9.10. The third-order valence-corrected chi connectivity index (χ3v) is 4.68. The molecule has 0 aliphatic heterocycles. The van der Waals surface area contributed by atoms with E-state index in [-0.39, 0.29) is 5.91 Å². The minimum Gasteiger partial charge on any atom is -0.301 e. The highest BCUT2D eigenvalue weighted by Gasteiger charge is 2.23. The third-order valence-electron chi connectivity index (χ3n) is 3.04. The molecule has 1 aromatic carbocycles. The molecule has 3 nitrogen and oxygen atoms in total. The lowest BCUT2D eigenvalue weighted by Crippen LogP contribution is -2.27. The van der Waals surface area contributed by atoms with Gasteiger partial charge in [-0.2, -0.15) is 0 Å². The van der Waals surface area contributed by atoms with Crippen LogP contribution in [0.2, 0.25) is 0 Å². The zero-order chi connectivity index (χ0) is 15.6. The lowest BCUT2D eigenvalue weighted by molar-refractivity contribution is -0.123. The molecule has 0 saturated heterocycles. The molecule has 0 bridgehead atoms. The minimum absolute atomic E-state index is 0.0127. The largest absolute Gasteiger partial charge is 0.301 e. The molecule has 5 heteroatoms. The van der Waals surface area contributed by atoms with E-state index in [9.17, 15) is 4.79 Å². The predicted molar refractivity (Wildman–Crippen MR) is 92.7 cm³/mol. The standard InChI is InChI=1S/C16H19BrN2OS/c1-5-12-13(10-6-8-11(17)9-7-10)18-15(21-12)19-14(20)16(2,3)4/h6-9H,5H2,1-4H3,(H,18,19,20). The van der Waals surface area contributed by atoms with Crippen LogP contribution >= 0.6 is 27.3 Å². The fourth-order valence-corrected chi connectivity index (χ4v) is 2.95. The first kappa shape index (κ1) is 16.2. The van der Waals surface area contributed by atoms with Crippen molar-refractivity contribution in [1.82, 2.24) is 4.98 Å². The molecule has 0 saturated carbocycles. The van der Waals surface area contributed by atoms with Gasteiger partial charge in [0.05, 0.1) is 5.69 Å². The van der Waals surface area contributed by atoms with Crippen LogP contribution in [0.15, 0.2) is 28.7 Å². The van der Waals surface area contributed by atoms with Gasteiger partial charge in [0.15, 0.2) is 5.13 Å². The van der Waals surface area contributed by atoms with Crippen molar-refractivity contribution in [3.63, 3.8) is 0 Å². The van der Waals surface area contributed by atoms with Crippen LogP contribution in [0.4, 0.5) is 5.13 Å². The van der Waals surface area contributed by atoms with Gasteiger partial charge in [-0.15, -0.1) is 11.3 Å². The van der Waals surface area contributed by atoms with Crippen molar-refractivity contribution in [2.75, 3.05) is 5.32 Å². The van der Waals surface area contributed by atoms with Crippen molar-refractivity contribution >= 4 is 38.3 Å². The van der Waals surface area contributed by atoms with E-state index in [0.29, 0.717) is 5.13 Å². The molecule has 0 fully saturated rings. The second-order valence-corrected chi connectivity index (χ2v) is 7.85. The number of carbonyl (C=O) groups is 1. The maximum atomic E-state index is 12.1. The Hall–Kier alpha value is -1.20. The van der Waals surface area contributed by atoms with E-state index in [4.69, 9.17) is 0 Å². The van der Waals surface area contributed by atoms with E-state index in [0.717, 1.165) is 22.2 Å². The SMILES string of the molecule is CCc1sc(NC(=O)C(C)(C)C)nc1-c1ccc(Br)cc1. The molecule has 0 radical (unpaired) electrons. The molecule has 1 N–H and O–H groups in total. The summed E-state index contributed by atoms with van der Waals surface area (Å²) in [5.41, 5.74) is 1.61. The number of aryl methyl sites for hydroxylation is 1. The first-order chi connectivity index (χ1) is 9.81. The molecule has 0 unspecified atom stereocenters. The Morgan fingerprint density at radius 1 is 1.29 bits per heavy atom. The number of aromatic nitrogens is 1. The van der Waals surface area contributed by atoms with Gasteiger partial charge in [0.1, 0.15) is 0 Å². The van der Waals surface area contributed by atoms with Gasteiger partial charge in [-0.1, -0.05) is 55.8 Å². The van der Waals surface area contributed by atoms with Crippen LogP contribution in [0.3, 0.4) is 0 Å². The summed E-state index contributed by atoms with van der Waals surface area (Å²) in [4.78, 5) is 17.9. The summed E-state index contributed by atoms with van der Waals surface area (Å²) in [6.07, 6.45) is 0.897. The zero-order valence-electron chi connectivity index (χ0n) is 12.7. The number of amides is 1. The number of anilines is 1. The first-order valence-electron chi connectivity index (χ1n) is 6.88. The molecular weight excluding hydrogens is 348 g/mol. The van der Waals surface area contributed by atoms with E-state index in [1.807, 2.05) is 45.0 Å². The number of hydrogen-bond donors (Lipinski definition) is 1. The fourth-order valence-electron chi connectivity index (χ4n) is 1.76. The number of nitrogens with one attached hydrogen (secondary N) is 1. The Balaban J connectivity index is 2.32. The molecular formula is C16H19BrN2OS. The van der Waals surface area contributed by atoms with Crippen LogP contribution in [0, 0.1) is 5.41 Å². The quantitative estimate of drug-likeness (QED) is 0.818. The molecule has 0 aliphatic rings. The van der Waals surface area contributed by atoms with Crippen molar-refractivity contribution < 1.29 is 4.79 Å². The Kier molecular flexibility index (Phi) is 4.84. The summed E-state index contributed by atoms with van der Waals surface area (Å²) < 4.78 is 1.04. The van der Waals surface area contributed by atoms with E-state index in [1.54, 1.807) is 11.3 Å². The van der Waals surface area contributed by atoms with E-state index in [2.05, 4.69) is 33.2 Å². The second-order valence-electron chi connectivity index (χ2n) is 5.86. The number of hydrogen-bond acceptors (Lipinski definition) is 3. The predicted octanol–water partition coefficient (Wildman–Crippen LogP) is 5.12. The van der Waals surface area contributed by atoms with Crippen molar-refractivity contribution in [2.24, 2.45) is 5.41 Å². The molecule has 0 aliphatic carbocycles. The molecule has 1 heterocycles.